The fourth-order valence-electron chi connectivity index (χ4n) is 1.21. The second-order valence-electron chi connectivity index (χ2n) is 3.51. The Morgan fingerprint density at radius 2 is 1.94 bits per heavy atom. The molecule has 0 saturated carbocycles. The highest BCUT2D eigenvalue weighted by atomic mass is 16.6. The van der Waals surface area contributed by atoms with Crippen molar-refractivity contribution in [1.82, 2.24) is 5.48 Å². The first-order valence-corrected chi connectivity index (χ1v) is 5.41. The van der Waals surface area contributed by atoms with E-state index in [1.54, 1.807) is 31.4 Å². The number of ether oxygens (including phenoxy) is 1. The van der Waals surface area contributed by atoms with Gasteiger partial charge in [-0.15, -0.1) is 0 Å². The van der Waals surface area contributed by atoms with Crippen LogP contribution < -0.4 is 10.2 Å². The van der Waals surface area contributed by atoms with E-state index in [4.69, 9.17) is 14.7 Å². The first kappa shape index (κ1) is 14.0. The Hall–Kier alpha value is -2.08. The van der Waals surface area contributed by atoms with Gasteiger partial charge < -0.3 is 9.84 Å². The standard InChI is InChI=1S/C12H15NO5/c1-17-10-6-4-9(5-7-10)12(16)13-18-8-2-3-11(14)15/h4-7H,2-3,8H2,1H3,(H,13,16)(H,14,15). The number of nitrogens with one attached hydrogen (secondary N) is 1. The van der Waals surface area contributed by atoms with Gasteiger partial charge in [-0.3, -0.25) is 14.4 Å². The third-order valence-electron chi connectivity index (χ3n) is 2.15. The normalized spacial score (nSPS) is 9.83. The number of hydroxylamine groups is 1. The molecule has 0 aromatic heterocycles. The monoisotopic (exact) mass is 253 g/mol. The molecule has 1 aromatic rings. The van der Waals surface area contributed by atoms with Crippen LogP contribution in [0.25, 0.3) is 0 Å². The van der Waals surface area contributed by atoms with Crippen molar-refractivity contribution in [2.75, 3.05) is 13.7 Å². The molecule has 1 amide bonds. The molecule has 6 nitrogen and oxygen atoms in total. The molecule has 0 bridgehead atoms. The second-order valence-corrected chi connectivity index (χ2v) is 3.51. The molecular formula is C12H15NO5. The second kappa shape index (κ2) is 7.29. The topological polar surface area (TPSA) is 84.9 Å². The van der Waals surface area contributed by atoms with Crippen LogP contribution >= 0.6 is 0 Å². The van der Waals surface area contributed by atoms with Gasteiger partial charge >= 0.3 is 5.97 Å². The Bertz CT molecular complexity index is 401. The summed E-state index contributed by atoms with van der Waals surface area (Å²) in [6.07, 6.45) is 0.358. The summed E-state index contributed by atoms with van der Waals surface area (Å²) < 4.78 is 4.97. The van der Waals surface area contributed by atoms with E-state index >= 15 is 0 Å². The molecular weight excluding hydrogens is 238 g/mol. The van der Waals surface area contributed by atoms with Crippen LogP contribution in [0.4, 0.5) is 0 Å². The van der Waals surface area contributed by atoms with E-state index in [1.807, 2.05) is 0 Å². The largest absolute Gasteiger partial charge is 0.497 e. The summed E-state index contributed by atoms with van der Waals surface area (Å²) in [5.41, 5.74) is 2.68. The Balaban J connectivity index is 2.29. The summed E-state index contributed by atoms with van der Waals surface area (Å²) in [6, 6.07) is 6.54. The van der Waals surface area contributed by atoms with Gasteiger partial charge in [0.2, 0.25) is 0 Å². The van der Waals surface area contributed by atoms with Crippen LogP contribution in [0.1, 0.15) is 23.2 Å². The van der Waals surface area contributed by atoms with Crippen molar-refractivity contribution < 1.29 is 24.3 Å². The number of carbonyl (C=O) groups is 2. The fraction of sp³-hybridized carbons (Fsp3) is 0.333. The minimum atomic E-state index is -0.889. The van der Waals surface area contributed by atoms with Crippen LogP contribution in [0.2, 0.25) is 0 Å². The smallest absolute Gasteiger partial charge is 0.303 e. The van der Waals surface area contributed by atoms with Crippen LogP contribution in [0.5, 0.6) is 5.75 Å². The highest BCUT2D eigenvalue weighted by Crippen LogP contribution is 2.10. The Morgan fingerprint density at radius 3 is 2.50 bits per heavy atom. The van der Waals surface area contributed by atoms with E-state index in [0.29, 0.717) is 17.7 Å². The van der Waals surface area contributed by atoms with E-state index in [2.05, 4.69) is 5.48 Å². The lowest BCUT2D eigenvalue weighted by Crippen LogP contribution is -2.24. The van der Waals surface area contributed by atoms with Gasteiger partial charge in [-0.1, -0.05) is 0 Å². The molecule has 0 fully saturated rings. The molecule has 0 radical (unpaired) electrons. The highest BCUT2D eigenvalue weighted by molar-refractivity contribution is 5.93. The molecule has 1 aromatic carbocycles. The van der Waals surface area contributed by atoms with Crippen LogP contribution in [0.3, 0.4) is 0 Å². The summed E-state index contributed by atoms with van der Waals surface area (Å²) in [4.78, 5) is 26.6. The van der Waals surface area contributed by atoms with Crippen molar-refractivity contribution in [3.05, 3.63) is 29.8 Å². The lowest BCUT2D eigenvalue weighted by molar-refractivity contribution is -0.137. The summed E-state index contributed by atoms with van der Waals surface area (Å²) in [7, 11) is 1.54. The number of carbonyl (C=O) groups excluding carboxylic acids is 1. The Kier molecular flexibility index (Phi) is 5.66. The summed E-state index contributed by atoms with van der Waals surface area (Å²) in [6.45, 7) is 0.161. The quantitative estimate of drug-likeness (QED) is 0.563. The maximum atomic E-state index is 11.5. The van der Waals surface area contributed by atoms with E-state index in [1.165, 1.54) is 0 Å². The Morgan fingerprint density at radius 1 is 1.28 bits per heavy atom. The molecule has 6 heteroatoms. The fourth-order valence-corrected chi connectivity index (χ4v) is 1.21. The van der Waals surface area contributed by atoms with Crippen LogP contribution in [-0.2, 0) is 9.63 Å². The maximum Gasteiger partial charge on any atom is 0.303 e. The van der Waals surface area contributed by atoms with E-state index in [-0.39, 0.29) is 18.9 Å². The molecule has 0 atom stereocenters. The number of rotatable bonds is 7. The Labute approximate surface area is 104 Å². The highest BCUT2D eigenvalue weighted by Gasteiger charge is 2.05. The zero-order valence-electron chi connectivity index (χ0n) is 10.0. The SMILES string of the molecule is COc1ccc(C(=O)NOCCCC(=O)O)cc1. The van der Waals surface area contributed by atoms with Gasteiger partial charge in [0.25, 0.3) is 5.91 Å². The zero-order chi connectivity index (χ0) is 13.4. The lowest BCUT2D eigenvalue weighted by atomic mass is 10.2. The average molecular weight is 253 g/mol. The van der Waals surface area contributed by atoms with E-state index in [0.717, 1.165) is 0 Å². The molecule has 0 saturated heterocycles. The molecule has 98 valence electrons. The molecule has 0 aliphatic carbocycles. The molecule has 0 unspecified atom stereocenters. The van der Waals surface area contributed by atoms with Crippen molar-refractivity contribution in [2.45, 2.75) is 12.8 Å². The van der Waals surface area contributed by atoms with Gasteiger partial charge in [-0.05, 0) is 30.7 Å². The zero-order valence-corrected chi connectivity index (χ0v) is 10.0. The van der Waals surface area contributed by atoms with Crippen LogP contribution in [0, 0.1) is 0 Å². The van der Waals surface area contributed by atoms with Gasteiger partial charge in [-0.2, -0.15) is 0 Å². The number of aliphatic carboxylic acids is 1. The number of methoxy groups -OCH3 is 1. The predicted octanol–water partition coefficient (Wildman–Crippen LogP) is 1.22. The molecule has 1 rings (SSSR count). The van der Waals surface area contributed by atoms with E-state index in [9.17, 15) is 9.59 Å². The minimum Gasteiger partial charge on any atom is -0.497 e. The van der Waals surface area contributed by atoms with Crippen molar-refractivity contribution in [2.24, 2.45) is 0 Å². The molecule has 0 aliphatic rings. The molecule has 18 heavy (non-hydrogen) atoms. The number of carboxylic acids is 1. The van der Waals surface area contributed by atoms with Crippen molar-refractivity contribution >= 4 is 11.9 Å². The predicted molar refractivity (Wildman–Crippen MR) is 63.3 cm³/mol. The van der Waals surface area contributed by atoms with Gasteiger partial charge in [0.05, 0.1) is 13.7 Å². The first-order chi connectivity index (χ1) is 8.63. The lowest BCUT2D eigenvalue weighted by Gasteiger charge is -2.05. The van der Waals surface area contributed by atoms with Gasteiger partial charge in [-0.25, -0.2) is 5.48 Å². The summed E-state index contributed by atoms with van der Waals surface area (Å²) >= 11 is 0. The third-order valence-corrected chi connectivity index (χ3v) is 2.15. The number of hydrogen-bond donors (Lipinski definition) is 2. The van der Waals surface area contributed by atoms with Crippen molar-refractivity contribution in [1.29, 1.82) is 0 Å². The van der Waals surface area contributed by atoms with Gasteiger partial charge in [0.1, 0.15) is 5.75 Å². The first-order valence-electron chi connectivity index (χ1n) is 5.41. The van der Waals surface area contributed by atoms with Crippen molar-refractivity contribution in [3.63, 3.8) is 0 Å². The average Bonchev–Trinajstić information content (AvgIpc) is 2.38. The van der Waals surface area contributed by atoms with E-state index < -0.39 is 5.97 Å². The summed E-state index contributed by atoms with van der Waals surface area (Å²) in [5.74, 6) is -0.609. The minimum absolute atomic E-state index is 0.0123. The molecule has 0 spiro atoms. The molecule has 2 N–H and O–H groups in total. The van der Waals surface area contributed by atoms with Gasteiger partial charge in [0, 0.05) is 12.0 Å². The van der Waals surface area contributed by atoms with Crippen LogP contribution in [-0.4, -0.2) is 30.7 Å². The van der Waals surface area contributed by atoms with Gasteiger partial charge in [0.15, 0.2) is 0 Å². The number of hydrogen-bond acceptors (Lipinski definition) is 4. The van der Waals surface area contributed by atoms with Crippen LogP contribution in [0.15, 0.2) is 24.3 Å². The number of benzene rings is 1. The number of carboxylic acid groups (broad SMARTS) is 1. The summed E-state index contributed by atoms with van der Waals surface area (Å²) in [5, 5.41) is 8.39. The molecule has 0 aliphatic heterocycles. The third kappa shape index (κ3) is 4.84. The van der Waals surface area contributed by atoms with Crippen molar-refractivity contribution in [3.8, 4) is 5.75 Å². The number of amides is 1. The molecule has 0 heterocycles. The maximum absolute atomic E-state index is 11.5.